The Morgan fingerprint density at radius 3 is 2.50 bits per heavy atom. The molecule has 0 radical (unpaired) electrons. The van der Waals surface area contributed by atoms with E-state index in [1.165, 1.54) is 0 Å². The molecule has 1 heterocycles. The van der Waals surface area contributed by atoms with Crippen molar-refractivity contribution in [2.24, 2.45) is 0 Å². The topological polar surface area (TPSA) is 83.1 Å². The summed E-state index contributed by atoms with van der Waals surface area (Å²) in [4.78, 5) is 14.7. The van der Waals surface area contributed by atoms with Gasteiger partial charge in [-0.05, 0) is 51.0 Å². The van der Waals surface area contributed by atoms with Gasteiger partial charge < -0.3 is 30.1 Å². The van der Waals surface area contributed by atoms with E-state index in [1.807, 2.05) is 38.1 Å². The van der Waals surface area contributed by atoms with E-state index in [4.69, 9.17) is 9.47 Å². The van der Waals surface area contributed by atoms with Crippen LogP contribution in [0, 0.1) is 0 Å². The third-order valence-electron chi connectivity index (χ3n) is 4.98. The zero-order valence-electron chi connectivity index (χ0n) is 17.7. The molecule has 0 unspecified atom stereocenters. The molecule has 3 rings (SSSR count). The van der Waals surface area contributed by atoms with Gasteiger partial charge in [-0.25, -0.2) is 0 Å². The van der Waals surface area contributed by atoms with Crippen molar-refractivity contribution in [3.05, 3.63) is 42.5 Å². The van der Waals surface area contributed by atoms with Crippen molar-refractivity contribution in [1.29, 1.82) is 0 Å². The molecule has 2 aromatic rings. The number of benzene rings is 2. The minimum absolute atomic E-state index is 0.144. The van der Waals surface area contributed by atoms with Gasteiger partial charge in [-0.2, -0.15) is 0 Å². The molecule has 0 bridgehead atoms. The first-order valence-electron chi connectivity index (χ1n) is 10.6. The first kappa shape index (κ1) is 21.8. The molecular formula is C23H31N3O4. The van der Waals surface area contributed by atoms with Crippen LogP contribution in [0.5, 0.6) is 11.5 Å². The lowest BCUT2D eigenvalue weighted by Crippen LogP contribution is -2.36. The lowest BCUT2D eigenvalue weighted by molar-refractivity contribution is -0.114. The minimum atomic E-state index is -0.220. The number of nitrogens with one attached hydrogen (secondary N) is 2. The number of nitrogens with zero attached hydrogens (tertiary/aromatic N) is 1. The average molecular weight is 414 g/mol. The predicted molar refractivity (Wildman–Crippen MR) is 120 cm³/mol. The van der Waals surface area contributed by atoms with Crippen LogP contribution in [0.25, 0.3) is 0 Å². The fourth-order valence-electron chi connectivity index (χ4n) is 3.52. The number of piperidine rings is 1. The molecule has 1 fully saturated rings. The zero-order valence-corrected chi connectivity index (χ0v) is 17.7. The van der Waals surface area contributed by atoms with Gasteiger partial charge in [-0.3, -0.25) is 4.79 Å². The second-order valence-corrected chi connectivity index (χ2v) is 7.16. The molecule has 1 aliphatic rings. The van der Waals surface area contributed by atoms with E-state index in [0.717, 1.165) is 37.3 Å². The van der Waals surface area contributed by atoms with Crippen LogP contribution in [0.2, 0.25) is 0 Å². The number of hydrogen-bond donors (Lipinski definition) is 3. The van der Waals surface area contributed by atoms with Crippen molar-refractivity contribution in [2.45, 2.75) is 32.8 Å². The predicted octanol–water partition coefficient (Wildman–Crippen LogP) is 3.50. The SMILES string of the molecule is CCOc1ccc(NC(=O)CNc2ccccc2N2CCC(O)CC2)cc1OCC. The van der Waals surface area contributed by atoms with Crippen LogP contribution < -0.4 is 25.0 Å². The van der Waals surface area contributed by atoms with Crippen molar-refractivity contribution in [3.63, 3.8) is 0 Å². The van der Waals surface area contributed by atoms with Crippen molar-refractivity contribution in [1.82, 2.24) is 0 Å². The number of carbonyl (C=O) groups excluding carboxylic acids is 1. The van der Waals surface area contributed by atoms with Crippen LogP contribution in [0.15, 0.2) is 42.5 Å². The Morgan fingerprint density at radius 1 is 1.07 bits per heavy atom. The molecule has 1 saturated heterocycles. The van der Waals surface area contributed by atoms with Gasteiger partial charge in [0.05, 0.1) is 37.2 Å². The van der Waals surface area contributed by atoms with E-state index < -0.39 is 0 Å². The maximum absolute atomic E-state index is 12.5. The summed E-state index contributed by atoms with van der Waals surface area (Å²) in [7, 11) is 0. The molecule has 2 aromatic carbocycles. The Hall–Kier alpha value is -2.93. The summed E-state index contributed by atoms with van der Waals surface area (Å²) >= 11 is 0. The zero-order chi connectivity index (χ0) is 21.3. The van der Waals surface area contributed by atoms with Crippen LogP contribution in [-0.4, -0.2) is 50.0 Å². The standard InChI is InChI=1S/C23H31N3O4/c1-3-29-21-10-9-17(15-22(21)30-4-2)25-23(28)16-24-19-7-5-6-8-20(19)26-13-11-18(27)12-14-26/h5-10,15,18,24,27H,3-4,11-14,16H2,1-2H3,(H,25,28). The Kier molecular flexibility index (Phi) is 7.79. The monoisotopic (exact) mass is 413 g/mol. The normalized spacial score (nSPS) is 14.3. The van der Waals surface area contributed by atoms with Crippen molar-refractivity contribution >= 4 is 23.0 Å². The van der Waals surface area contributed by atoms with E-state index in [-0.39, 0.29) is 18.6 Å². The number of carbonyl (C=O) groups is 1. The molecule has 0 aliphatic carbocycles. The summed E-state index contributed by atoms with van der Waals surface area (Å²) in [5.74, 6) is 1.13. The highest BCUT2D eigenvalue weighted by atomic mass is 16.5. The Morgan fingerprint density at radius 2 is 1.77 bits per heavy atom. The maximum atomic E-state index is 12.5. The summed E-state index contributed by atoms with van der Waals surface area (Å²) in [6.07, 6.45) is 1.30. The number of anilines is 3. The van der Waals surface area contributed by atoms with Gasteiger partial charge in [0.25, 0.3) is 0 Å². The lowest BCUT2D eigenvalue weighted by Gasteiger charge is -2.32. The second kappa shape index (κ2) is 10.7. The molecule has 162 valence electrons. The Labute approximate surface area is 178 Å². The number of ether oxygens (including phenoxy) is 2. The Balaban J connectivity index is 1.61. The van der Waals surface area contributed by atoms with Crippen molar-refractivity contribution in [3.8, 4) is 11.5 Å². The summed E-state index contributed by atoms with van der Waals surface area (Å²) < 4.78 is 11.2. The average Bonchev–Trinajstić information content (AvgIpc) is 2.75. The maximum Gasteiger partial charge on any atom is 0.243 e. The molecule has 7 heteroatoms. The van der Waals surface area contributed by atoms with E-state index in [1.54, 1.807) is 18.2 Å². The first-order chi connectivity index (χ1) is 14.6. The molecule has 0 aromatic heterocycles. The van der Waals surface area contributed by atoms with Crippen LogP contribution in [0.4, 0.5) is 17.1 Å². The van der Waals surface area contributed by atoms with E-state index >= 15 is 0 Å². The summed E-state index contributed by atoms with van der Waals surface area (Å²) in [5.41, 5.74) is 2.62. The van der Waals surface area contributed by atoms with Gasteiger partial charge in [0.1, 0.15) is 0 Å². The number of aliphatic hydroxyl groups is 1. The Bertz CT molecular complexity index is 835. The van der Waals surface area contributed by atoms with E-state index in [9.17, 15) is 9.90 Å². The smallest absolute Gasteiger partial charge is 0.243 e. The number of rotatable bonds is 9. The minimum Gasteiger partial charge on any atom is -0.490 e. The van der Waals surface area contributed by atoms with Gasteiger partial charge in [-0.15, -0.1) is 0 Å². The molecule has 0 spiro atoms. The highest BCUT2D eigenvalue weighted by Gasteiger charge is 2.19. The summed E-state index contributed by atoms with van der Waals surface area (Å²) in [5, 5.41) is 15.9. The van der Waals surface area contributed by atoms with Crippen LogP contribution in [0.1, 0.15) is 26.7 Å². The van der Waals surface area contributed by atoms with Crippen LogP contribution >= 0.6 is 0 Å². The van der Waals surface area contributed by atoms with E-state index in [2.05, 4.69) is 15.5 Å². The summed E-state index contributed by atoms with van der Waals surface area (Å²) in [6, 6.07) is 13.3. The molecule has 1 amide bonds. The third kappa shape index (κ3) is 5.79. The molecule has 7 nitrogen and oxygen atoms in total. The van der Waals surface area contributed by atoms with Gasteiger partial charge in [-0.1, -0.05) is 12.1 Å². The van der Waals surface area contributed by atoms with Gasteiger partial charge in [0.15, 0.2) is 11.5 Å². The summed E-state index contributed by atoms with van der Waals surface area (Å²) in [6.45, 7) is 6.64. The largest absolute Gasteiger partial charge is 0.490 e. The molecule has 30 heavy (non-hydrogen) atoms. The number of aliphatic hydroxyl groups excluding tert-OH is 1. The second-order valence-electron chi connectivity index (χ2n) is 7.16. The first-order valence-corrected chi connectivity index (χ1v) is 10.6. The van der Waals surface area contributed by atoms with Gasteiger partial charge in [0, 0.05) is 24.8 Å². The van der Waals surface area contributed by atoms with Crippen molar-refractivity contribution in [2.75, 3.05) is 48.4 Å². The lowest BCUT2D eigenvalue weighted by atomic mass is 10.1. The van der Waals surface area contributed by atoms with Crippen molar-refractivity contribution < 1.29 is 19.4 Å². The molecule has 3 N–H and O–H groups in total. The highest BCUT2D eigenvalue weighted by Crippen LogP contribution is 2.31. The van der Waals surface area contributed by atoms with Gasteiger partial charge >= 0.3 is 0 Å². The van der Waals surface area contributed by atoms with E-state index in [0.29, 0.717) is 30.4 Å². The van der Waals surface area contributed by atoms with Crippen LogP contribution in [-0.2, 0) is 4.79 Å². The molecular weight excluding hydrogens is 382 g/mol. The molecule has 0 saturated carbocycles. The fourth-order valence-corrected chi connectivity index (χ4v) is 3.52. The third-order valence-corrected chi connectivity index (χ3v) is 4.98. The van der Waals surface area contributed by atoms with Gasteiger partial charge in [0.2, 0.25) is 5.91 Å². The quantitative estimate of drug-likeness (QED) is 0.584. The molecule has 1 aliphatic heterocycles. The van der Waals surface area contributed by atoms with Crippen LogP contribution in [0.3, 0.4) is 0 Å². The fraction of sp³-hybridized carbons (Fsp3) is 0.435. The number of amides is 1. The number of para-hydroxylation sites is 2. The molecule has 0 atom stereocenters. The number of hydrogen-bond acceptors (Lipinski definition) is 6. The highest BCUT2D eigenvalue weighted by molar-refractivity contribution is 5.94.